The fraction of sp³-hybridized carbons (Fsp3) is 0.714. The van der Waals surface area contributed by atoms with Crippen molar-refractivity contribution in [3.05, 3.63) is 18.2 Å². The standard InChI is InChI=1S/C14H21N3O4/c1-9-6-17(7-14(21-9)3-4-20-10(14)2)13(19)12(18)11-5-15-8-16-11/h5,8-10,12,18H,3-4,6-7H2,1-2H3,(H,15,16). The molecule has 1 aromatic heterocycles. The summed E-state index contributed by atoms with van der Waals surface area (Å²) in [6, 6.07) is 0. The summed E-state index contributed by atoms with van der Waals surface area (Å²) in [4.78, 5) is 20.8. The fourth-order valence-electron chi connectivity index (χ4n) is 3.19. The largest absolute Gasteiger partial charge is 0.377 e. The van der Waals surface area contributed by atoms with E-state index in [0.717, 1.165) is 6.42 Å². The average molecular weight is 295 g/mol. The number of rotatable bonds is 2. The number of amides is 1. The minimum atomic E-state index is -1.22. The van der Waals surface area contributed by atoms with Gasteiger partial charge in [-0.15, -0.1) is 0 Å². The van der Waals surface area contributed by atoms with E-state index >= 15 is 0 Å². The molecule has 1 spiro atoms. The first-order valence-electron chi connectivity index (χ1n) is 7.26. The van der Waals surface area contributed by atoms with Crippen molar-refractivity contribution < 1.29 is 19.4 Å². The van der Waals surface area contributed by atoms with Crippen LogP contribution in [0.15, 0.2) is 12.5 Å². The van der Waals surface area contributed by atoms with E-state index in [9.17, 15) is 9.90 Å². The molecule has 2 aliphatic rings. The third kappa shape index (κ3) is 2.56. The molecule has 0 saturated carbocycles. The average Bonchev–Trinajstić information content (AvgIpc) is 3.08. The molecule has 21 heavy (non-hydrogen) atoms. The van der Waals surface area contributed by atoms with Crippen LogP contribution in [0.25, 0.3) is 0 Å². The van der Waals surface area contributed by atoms with Crippen molar-refractivity contribution in [3.63, 3.8) is 0 Å². The van der Waals surface area contributed by atoms with Gasteiger partial charge in [0.2, 0.25) is 0 Å². The maximum absolute atomic E-state index is 12.5. The van der Waals surface area contributed by atoms with Gasteiger partial charge in [-0.25, -0.2) is 4.98 Å². The monoisotopic (exact) mass is 295 g/mol. The second kappa shape index (κ2) is 5.40. The minimum absolute atomic E-state index is 0.0557. The Morgan fingerprint density at radius 2 is 2.43 bits per heavy atom. The van der Waals surface area contributed by atoms with Crippen LogP contribution in [-0.4, -0.2) is 63.4 Å². The summed E-state index contributed by atoms with van der Waals surface area (Å²) in [5, 5.41) is 10.2. The highest BCUT2D eigenvalue weighted by molar-refractivity contribution is 5.81. The van der Waals surface area contributed by atoms with Gasteiger partial charge in [0.1, 0.15) is 5.60 Å². The number of nitrogens with zero attached hydrogens (tertiary/aromatic N) is 2. The van der Waals surface area contributed by atoms with Gasteiger partial charge in [0, 0.05) is 19.6 Å². The molecule has 0 aromatic carbocycles. The number of aromatic amines is 1. The topological polar surface area (TPSA) is 87.7 Å². The molecule has 0 bridgehead atoms. The molecule has 4 unspecified atom stereocenters. The van der Waals surface area contributed by atoms with E-state index in [1.165, 1.54) is 12.5 Å². The minimum Gasteiger partial charge on any atom is -0.377 e. The lowest BCUT2D eigenvalue weighted by Crippen LogP contribution is -2.60. The summed E-state index contributed by atoms with van der Waals surface area (Å²) in [5.74, 6) is -0.326. The van der Waals surface area contributed by atoms with Crippen molar-refractivity contribution >= 4 is 5.91 Å². The normalized spacial score (nSPS) is 34.3. The maximum Gasteiger partial charge on any atom is 0.257 e. The second-order valence-corrected chi connectivity index (χ2v) is 5.88. The van der Waals surface area contributed by atoms with Crippen LogP contribution in [0.4, 0.5) is 0 Å². The summed E-state index contributed by atoms with van der Waals surface area (Å²) in [7, 11) is 0. The van der Waals surface area contributed by atoms with Gasteiger partial charge >= 0.3 is 0 Å². The van der Waals surface area contributed by atoms with Crippen LogP contribution in [0, 0.1) is 0 Å². The first kappa shape index (κ1) is 14.5. The molecular weight excluding hydrogens is 274 g/mol. The Labute approximate surface area is 123 Å². The highest BCUT2D eigenvalue weighted by atomic mass is 16.6. The van der Waals surface area contributed by atoms with E-state index in [-0.39, 0.29) is 18.1 Å². The lowest BCUT2D eigenvalue weighted by Gasteiger charge is -2.45. The van der Waals surface area contributed by atoms with Crippen molar-refractivity contribution in [2.24, 2.45) is 0 Å². The summed E-state index contributed by atoms with van der Waals surface area (Å²) < 4.78 is 11.7. The van der Waals surface area contributed by atoms with Gasteiger partial charge in [-0.3, -0.25) is 4.79 Å². The van der Waals surface area contributed by atoms with Gasteiger partial charge in [0.05, 0.1) is 37.0 Å². The van der Waals surface area contributed by atoms with Crippen LogP contribution in [0.2, 0.25) is 0 Å². The number of nitrogens with one attached hydrogen (secondary N) is 1. The Morgan fingerprint density at radius 3 is 3.05 bits per heavy atom. The predicted molar refractivity (Wildman–Crippen MR) is 73.4 cm³/mol. The summed E-state index contributed by atoms with van der Waals surface area (Å²) in [6.45, 7) is 5.47. The molecular formula is C14H21N3O4. The summed E-state index contributed by atoms with van der Waals surface area (Å²) >= 11 is 0. The van der Waals surface area contributed by atoms with Gasteiger partial charge in [0.25, 0.3) is 5.91 Å². The van der Waals surface area contributed by atoms with E-state index in [4.69, 9.17) is 9.47 Å². The Hall–Kier alpha value is -1.44. The summed E-state index contributed by atoms with van der Waals surface area (Å²) in [6.07, 6.45) is 2.32. The van der Waals surface area contributed by atoms with Gasteiger partial charge in [-0.2, -0.15) is 0 Å². The number of carbonyl (C=O) groups excluding carboxylic acids is 1. The van der Waals surface area contributed by atoms with E-state index in [1.807, 2.05) is 13.8 Å². The van der Waals surface area contributed by atoms with Crippen LogP contribution in [0.5, 0.6) is 0 Å². The van der Waals surface area contributed by atoms with Crippen molar-refractivity contribution in [1.82, 2.24) is 14.9 Å². The number of hydrogen-bond donors (Lipinski definition) is 2. The van der Waals surface area contributed by atoms with Crippen LogP contribution in [0.3, 0.4) is 0 Å². The molecule has 0 radical (unpaired) electrons. The first-order chi connectivity index (χ1) is 10.0. The number of imidazole rings is 1. The van der Waals surface area contributed by atoms with Crippen LogP contribution in [0.1, 0.15) is 32.1 Å². The molecule has 0 aliphatic carbocycles. The van der Waals surface area contributed by atoms with E-state index < -0.39 is 11.7 Å². The van der Waals surface area contributed by atoms with Crippen LogP contribution < -0.4 is 0 Å². The van der Waals surface area contributed by atoms with Crippen molar-refractivity contribution in [2.75, 3.05) is 19.7 Å². The molecule has 2 fully saturated rings. The lowest BCUT2D eigenvalue weighted by molar-refractivity contribution is -0.183. The number of ether oxygens (including phenoxy) is 2. The Bertz CT molecular complexity index is 506. The molecule has 4 atom stereocenters. The smallest absolute Gasteiger partial charge is 0.257 e. The molecule has 3 rings (SSSR count). The second-order valence-electron chi connectivity index (χ2n) is 5.88. The first-order valence-corrected chi connectivity index (χ1v) is 7.26. The fourth-order valence-corrected chi connectivity index (χ4v) is 3.19. The molecule has 7 nitrogen and oxygen atoms in total. The Kier molecular flexibility index (Phi) is 3.73. The highest BCUT2D eigenvalue weighted by Crippen LogP contribution is 2.35. The summed E-state index contributed by atoms with van der Waals surface area (Å²) in [5.41, 5.74) is -0.0509. The highest BCUT2D eigenvalue weighted by Gasteiger charge is 2.49. The molecule has 2 N–H and O–H groups in total. The third-order valence-electron chi connectivity index (χ3n) is 4.37. The number of aromatic nitrogens is 2. The number of aliphatic hydroxyl groups is 1. The molecule has 2 saturated heterocycles. The molecule has 3 heterocycles. The quantitative estimate of drug-likeness (QED) is 0.816. The number of morpholine rings is 1. The number of carbonyl (C=O) groups is 1. The van der Waals surface area contributed by atoms with Gasteiger partial charge in [-0.1, -0.05) is 0 Å². The van der Waals surface area contributed by atoms with Crippen molar-refractivity contribution in [2.45, 2.75) is 44.2 Å². The number of H-pyrrole nitrogens is 1. The zero-order chi connectivity index (χ0) is 15.0. The van der Waals surface area contributed by atoms with Gasteiger partial charge < -0.3 is 24.5 Å². The zero-order valence-electron chi connectivity index (χ0n) is 12.3. The Morgan fingerprint density at radius 1 is 1.62 bits per heavy atom. The SMILES string of the molecule is CC1CN(C(=O)C(O)c2cnc[nH]2)CC2(CCOC2C)O1. The Balaban J connectivity index is 1.77. The third-order valence-corrected chi connectivity index (χ3v) is 4.37. The van der Waals surface area contributed by atoms with Crippen LogP contribution in [-0.2, 0) is 14.3 Å². The predicted octanol–water partition coefficient (Wildman–Crippen LogP) is 0.238. The number of hydrogen-bond acceptors (Lipinski definition) is 5. The van der Waals surface area contributed by atoms with Gasteiger partial charge in [0.15, 0.2) is 6.10 Å². The number of aliphatic hydroxyl groups excluding tert-OH is 1. The van der Waals surface area contributed by atoms with Gasteiger partial charge in [-0.05, 0) is 13.8 Å². The molecule has 116 valence electrons. The zero-order valence-corrected chi connectivity index (χ0v) is 12.3. The van der Waals surface area contributed by atoms with Crippen molar-refractivity contribution in [1.29, 1.82) is 0 Å². The van der Waals surface area contributed by atoms with E-state index in [0.29, 0.717) is 25.4 Å². The molecule has 2 aliphatic heterocycles. The van der Waals surface area contributed by atoms with Crippen LogP contribution >= 0.6 is 0 Å². The molecule has 7 heteroatoms. The molecule has 1 aromatic rings. The molecule has 1 amide bonds. The maximum atomic E-state index is 12.5. The van der Waals surface area contributed by atoms with E-state index in [1.54, 1.807) is 4.90 Å². The van der Waals surface area contributed by atoms with E-state index in [2.05, 4.69) is 9.97 Å². The van der Waals surface area contributed by atoms with Crippen molar-refractivity contribution in [3.8, 4) is 0 Å². The lowest BCUT2D eigenvalue weighted by atomic mass is 9.92.